The highest BCUT2D eigenvalue weighted by Gasteiger charge is 2.36. The Balaban J connectivity index is 2.62. The van der Waals surface area contributed by atoms with Crippen LogP contribution in [0.5, 0.6) is 0 Å². The summed E-state index contributed by atoms with van der Waals surface area (Å²) in [5.41, 5.74) is 5.64. The largest absolute Gasteiger partial charge is 0.401 e. The summed E-state index contributed by atoms with van der Waals surface area (Å²) < 4.78 is 37.2. The molecular weight excluding hydrogens is 217 g/mol. The van der Waals surface area contributed by atoms with Gasteiger partial charge in [-0.05, 0) is 31.8 Å². The van der Waals surface area contributed by atoms with Crippen LogP contribution in [-0.2, 0) is 0 Å². The first kappa shape index (κ1) is 13.8. The second kappa shape index (κ2) is 5.87. The minimum Gasteiger partial charge on any atom is -0.330 e. The molecule has 0 heterocycles. The SMILES string of the molecule is CCN(CC(F)(F)F)C1CCCCC1CN. The van der Waals surface area contributed by atoms with Crippen molar-refractivity contribution in [2.24, 2.45) is 11.7 Å². The van der Waals surface area contributed by atoms with Crippen LogP contribution in [0.4, 0.5) is 13.2 Å². The van der Waals surface area contributed by atoms with Crippen molar-refractivity contribution in [2.45, 2.75) is 44.8 Å². The molecule has 5 heteroatoms. The summed E-state index contributed by atoms with van der Waals surface area (Å²) in [6.07, 6.45) is -0.161. The highest BCUT2D eigenvalue weighted by Crippen LogP contribution is 2.29. The summed E-state index contributed by atoms with van der Waals surface area (Å²) in [7, 11) is 0. The van der Waals surface area contributed by atoms with Crippen LogP contribution < -0.4 is 5.73 Å². The number of nitrogens with zero attached hydrogens (tertiary/aromatic N) is 1. The Bertz CT molecular complexity index is 206. The first-order valence-electron chi connectivity index (χ1n) is 5.98. The van der Waals surface area contributed by atoms with Gasteiger partial charge in [0.05, 0.1) is 6.54 Å². The van der Waals surface area contributed by atoms with E-state index in [9.17, 15) is 13.2 Å². The summed E-state index contributed by atoms with van der Waals surface area (Å²) in [6.45, 7) is 1.93. The molecule has 96 valence electrons. The molecule has 1 aliphatic carbocycles. The van der Waals surface area contributed by atoms with Gasteiger partial charge < -0.3 is 5.73 Å². The number of alkyl halides is 3. The van der Waals surface area contributed by atoms with Gasteiger partial charge >= 0.3 is 6.18 Å². The molecule has 0 aliphatic heterocycles. The fourth-order valence-corrected chi connectivity index (χ4v) is 2.64. The van der Waals surface area contributed by atoms with Crippen molar-refractivity contribution in [3.05, 3.63) is 0 Å². The Morgan fingerprint density at radius 2 is 1.88 bits per heavy atom. The van der Waals surface area contributed by atoms with Crippen molar-refractivity contribution < 1.29 is 13.2 Å². The van der Waals surface area contributed by atoms with Crippen LogP contribution >= 0.6 is 0 Å². The van der Waals surface area contributed by atoms with Crippen molar-refractivity contribution in [1.29, 1.82) is 0 Å². The van der Waals surface area contributed by atoms with Gasteiger partial charge in [0.1, 0.15) is 0 Å². The smallest absolute Gasteiger partial charge is 0.330 e. The van der Waals surface area contributed by atoms with E-state index in [0.29, 0.717) is 13.1 Å². The Hall–Kier alpha value is -0.290. The lowest BCUT2D eigenvalue weighted by Gasteiger charge is -2.39. The van der Waals surface area contributed by atoms with Crippen LogP contribution in [0.3, 0.4) is 0 Å². The van der Waals surface area contributed by atoms with Crippen LogP contribution in [0.2, 0.25) is 0 Å². The van der Waals surface area contributed by atoms with E-state index in [2.05, 4.69) is 0 Å². The van der Waals surface area contributed by atoms with E-state index in [-0.39, 0.29) is 12.0 Å². The van der Waals surface area contributed by atoms with E-state index >= 15 is 0 Å². The first-order valence-corrected chi connectivity index (χ1v) is 5.98. The monoisotopic (exact) mass is 238 g/mol. The Morgan fingerprint density at radius 3 is 2.38 bits per heavy atom. The van der Waals surface area contributed by atoms with Gasteiger partial charge in [-0.1, -0.05) is 19.8 Å². The zero-order chi connectivity index (χ0) is 12.2. The zero-order valence-corrected chi connectivity index (χ0v) is 9.76. The van der Waals surface area contributed by atoms with Crippen LogP contribution in [0, 0.1) is 5.92 Å². The van der Waals surface area contributed by atoms with Gasteiger partial charge in [0, 0.05) is 6.04 Å². The van der Waals surface area contributed by atoms with E-state index in [0.717, 1.165) is 25.7 Å². The molecule has 2 nitrogen and oxygen atoms in total. The van der Waals surface area contributed by atoms with Gasteiger partial charge in [-0.25, -0.2) is 0 Å². The molecule has 1 fully saturated rings. The van der Waals surface area contributed by atoms with E-state index < -0.39 is 12.7 Å². The van der Waals surface area contributed by atoms with Gasteiger partial charge in [0.15, 0.2) is 0 Å². The third-order valence-corrected chi connectivity index (χ3v) is 3.43. The quantitative estimate of drug-likeness (QED) is 0.814. The Kier molecular flexibility index (Phi) is 5.05. The molecule has 2 N–H and O–H groups in total. The maximum atomic E-state index is 12.4. The highest BCUT2D eigenvalue weighted by atomic mass is 19.4. The minimum atomic E-state index is -4.10. The predicted molar refractivity (Wildman–Crippen MR) is 58.1 cm³/mol. The summed E-state index contributed by atoms with van der Waals surface area (Å²) >= 11 is 0. The summed E-state index contributed by atoms with van der Waals surface area (Å²) in [5.74, 6) is 0.232. The standard InChI is InChI=1S/C11H21F3N2/c1-2-16(8-11(12,13)14)10-6-4-3-5-9(10)7-15/h9-10H,2-8,15H2,1H3. The fraction of sp³-hybridized carbons (Fsp3) is 1.00. The van der Waals surface area contributed by atoms with Gasteiger partial charge in [0.25, 0.3) is 0 Å². The van der Waals surface area contributed by atoms with Crippen molar-refractivity contribution in [1.82, 2.24) is 4.90 Å². The summed E-state index contributed by atoms with van der Waals surface area (Å²) in [5, 5.41) is 0. The van der Waals surface area contributed by atoms with Crippen molar-refractivity contribution in [3.8, 4) is 0 Å². The number of hydrogen-bond acceptors (Lipinski definition) is 2. The minimum absolute atomic E-state index is 0.0189. The lowest BCUT2D eigenvalue weighted by atomic mass is 9.83. The maximum absolute atomic E-state index is 12.4. The molecule has 1 rings (SSSR count). The molecule has 0 radical (unpaired) electrons. The third kappa shape index (κ3) is 3.94. The molecule has 1 aliphatic rings. The van der Waals surface area contributed by atoms with E-state index in [1.165, 1.54) is 4.90 Å². The average molecular weight is 238 g/mol. The maximum Gasteiger partial charge on any atom is 0.401 e. The zero-order valence-electron chi connectivity index (χ0n) is 9.76. The lowest BCUT2D eigenvalue weighted by Crippen LogP contribution is -2.48. The van der Waals surface area contributed by atoms with Crippen molar-refractivity contribution in [3.63, 3.8) is 0 Å². The van der Waals surface area contributed by atoms with Gasteiger partial charge in [-0.2, -0.15) is 13.2 Å². The van der Waals surface area contributed by atoms with Crippen LogP contribution in [0.1, 0.15) is 32.6 Å². The second-order valence-corrected chi connectivity index (χ2v) is 4.53. The molecule has 0 amide bonds. The van der Waals surface area contributed by atoms with Crippen LogP contribution in [-0.4, -0.2) is 36.8 Å². The topological polar surface area (TPSA) is 29.3 Å². The predicted octanol–water partition coefficient (Wildman–Crippen LogP) is 2.39. The third-order valence-electron chi connectivity index (χ3n) is 3.43. The molecule has 2 atom stereocenters. The molecular formula is C11H21F3N2. The van der Waals surface area contributed by atoms with E-state index in [1.54, 1.807) is 6.92 Å². The van der Waals surface area contributed by atoms with Crippen LogP contribution in [0.15, 0.2) is 0 Å². The lowest BCUT2D eigenvalue weighted by molar-refractivity contribution is -0.154. The van der Waals surface area contributed by atoms with Crippen molar-refractivity contribution in [2.75, 3.05) is 19.6 Å². The van der Waals surface area contributed by atoms with Crippen molar-refractivity contribution >= 4 is 0 Å². The molecule has 0 aromatic heterocycles. The van der Waals surface area contributed by atoms with Crippen LogP contribution in [0.25, 0.3) is 0 Å². The fourth-order valence-electron chi connectivity index (χ4n) is 2.64. The molecule has 16 heavy (non-hydrogen) atoms. The Morgan fingerprint density at radius 1 is 1.25 bits per heavy atom. The average Bonchev–Trinajstić information content (AvgIpc) is 2.24. The van der Waals surface area contributed by atoms with Gasteiger partial charge in [-0.15, -0.1) is 0 Å². The number of nitrogens with two attached hydrogens (primary N) is 1. The van der Waals surface area contributed by atoms with E-state index in [1.807, 2.05) is 0 Å². The molecule has 0 spiro atoms. The summed E-state index contributed by atoms with van der Waals surface area (Å²) in [4.78, 5) is 1.54. The molecule has 0 aromatic carbocycles. The molecule has 1 saturated carbocycles. The number of hydrogen-bond donors (Lipinski definition) is 1. The summed E-state index contributed by atoms with van der Waals surface area (Å²) in [6, 6.07) is 0.0189. The van der Waals surface area contributed by atoms with E-state index in [4.69, 9.17) is 5.73 Å². The normalized spacial score (nSPS) is 27.4. The van der Waals surface area contributed by atoms with Gasteiger partial charge in [-0.3, -0.25) is 4.90 Å². The van der Waals surface area contributed by atoms with Gasteiger partial charge in [0.2, 0.25) is 0 Å². The first-order chi connectivity index (χ1) is 7.48. The molecule has 0 aromatic rings. The number of rotatable bonds is 4. The Labute approximate surface area is 95.0 Å². The highest BCUT2D eigenvalue weighted by molar-refractivity contribution is 4.84. The second-order valence-electron chi connectivity index (χ2n) is 4.53. The number of halogens is 3. The molecule has 0 saturated heterocycles. The molecule has 0 bridgehead atoms. The molecule has 2 unspecified atom stereocenters.